The van der Waals surface area contributed by atoms with Crippen LogP contribution in [0.25, 0.3) is 0 Å². The van der Waals surface area contributed by atoms with Crippen molar-refractivity contribution in [2.24, 2.45) is 0 Å². The topological polar surface area (TPSA) is 79.3 Å². The number of aliphatic hydroxyl groups is 1. The minimum atomic E-state index is -0.424. The monoisotopic (exact) mass is 412 g/mol. The van der Waals surface area contributed by atoms with Crippen molar-refractivity contribution in [3.8, 4) is 0 Å². The van der Waals surface area contributed by atoms with Gasteiger partial charge in [0, 0.05) is 13.1 Å². The van der Waals surface area contributed by atoms with Gasteiger partial charge in [-0.25, -0.2) is 0 Å². The van der Waals surface area contributed by atoms with E-state index in [9.17, 15) is 9.59 Å². The summed E-state index contributed by atoms with van der Waals surface area (Å²) in [6.45, 7) is 4.54. The summed E-state index contributed by atoms with van der Waals surface area (Å²) in [7, 11) is 0. The highest BCUT2D eigenvalue weighted by atomic mass is 16.5. The number of hydrogen-bond donors (Lipinski definition) is 1. The van der Waals surface area contributed by atoms with Crippen LogP contribution in [0.4, 0.5) is 0 Å². The molecule has 7 nitrogen and oxygen atoms in total. The molecule has 0 aromatic heterocycles. The maximum Gasteiger partial charge on any atom is 0.262 e. The van der Waals surface area contributed by atoms with E-state index in [1.165, 1.54) is 4.90 Å². The van der Waals surface area contributed by atoms with E-state index in [1.807, 2.05) is 37.3 Å². The molecule has 1 unspecified atom stereocenters. The van der Waals surface area contributed by atoms with Crippen LogP contribution in [-0.2, 0) is 16.0 Å². The molecule has 1 N–H and O–H groups in total. The number of imide groups is 1. The van der Waals surface area contributed by atoms with Gasteiger partial charge in [0.15, 0.2) is 0 Å². The Balaban J connectivity index is 1.66. The smallest absolute Gasteiger partial charge is 0.262 e. The van der Waals surface area contributed by atoms with Crippen LogP contribution in [0.15, 0.2) is 54.6 Å². The molecular formula is C23H28N2O5. The maximum absolute atomic E-state index is 12.9. The molecule has 3 rings (SSSR count). The van der Waals surface area contributed by atoms with Crippen molar-refractivity contribution < 1.29 is 24.2 Å². The van der Waals surface area contributed by atoms with E-state index < -0.39 is 6.17 Å². The first-order valence-electron chi connectivity index (χ1n) is 10.1. The Morgan fingerprint density at radius 1 is 0.867 bits per heavy atom. The molecule has 0 aliphatic carbocycles. The largest absolute Gasteiger partial charge is 0.394 e. The number of carbonyl (C=O) groups excluding carboxylic acids is 2. The zero-order chi connectivity index (χ0) is 21.3. The van der Waals surface area contributed by atoms with Gasteiger partial charge in [0.1, 0.15) is 0 Å². The molecule has 0 saturated heterocycles. The fraction of sp³-hybridized carbons (Fsp3) is 0.391. The Morgan fingerprint density at radius 2 is 1.43 bits per heavy atom. The van der Waals surface area contributed by atoms with Crippen molar-refractivity contribution in [1.82, 2.24) is 9.80 Å². The van der Waals surface area contributed by atoms with Gasteiger partial charge in [-0.05, 0) is 24.6 Å². The third kappa shape index (κ3) is 5.31. The second kappa shape index (κ2) is 11.0. The zero-order valence-electron chi connectivity index (χ0n) is 17.2. The van der Waals surface area contributed by atoms with E-state index in [0.29, 0.717) is 50.6 Å². The highest BCUT2D eigenvalue weighted by molar-refractivity contribution is 6.21. The number of fused-ring (bicyclic) bond motifs is 1. The molecule has 2 aromatic carbocycles. The summed E-state index contributed by atoms with van der Waals surface area (Å²) < 4.78 is 10.8. The molecular weight excluding hydrogens is 384 g/mol. The lowest BCUT2D eigenvalue weighted by atomic mass is 10.1. The van der Waals surface area contributed by atoms with Gasteiger partial charge in [-0.1, -0.05) is 42.5 Å². The number of hydrogen-bond acceptors (Lipinski definition) is 6. The SMILES string of the molecule is CC(N(CCOCCOCCO)Cc1ccccc1)N1C(=O)c2ccccc2C1=O. The quantitative estimate of drug-likeness (QED) is 0.425. The predicted octanol–water partition coefficient (Wildman–Crippen LogP) is 2.16. The van der Waals surface area contributed by atoms with E-state index in [4.69, 9.17) is 14.6 Å². The van der Waals surface area contributed by atoms with Crippen molar-refractivity contribution in [1.29, 1.82) is 0 Å². The van der Waals surface area contributed by atoms with E-state index in [0.717, 1.165) is 5.56 Å². The molecule has 160 valence electrons. The summed E-state index contributed by atoms with van der Waals surface area (Å²) in [5.41, 5.74) is 1.99. The van der Waals surface area contributed by atoms with Crippen LogP contribution in [0.5, 0.6) is 0 Å². The van der Waals surface area contributed by atoms with Gasteiger partial charge < -0.3 is 14.6 Å². The minimum absolute atomic E-state index is 0.0113. The van der Waals surface area contributed by atoms with E-state index in [2.05, 4.69) is 4.90 Å². The standard InChI is InChI=1S/C23H28N2O5/c1-18(25-22(27)20-9-5-6-10-21(20)23(25)28)24(17-19-7-3-2-4-8-19)11-13-29-15-16-30-14-12-26/h2-10,18,26H,11-17H2,1H3. The summed E-state index contributed by atoms with van der Waals surface area (Å²) in [4.78, 5) is 29.2. The molecule has 2 amide bonds. The van der Waals surface area contributed by atoms with E-state index in [-0.39, 0.29) is 18.4 Å². The molecule has 0 spiro atoms. The van der Waals surface area contributed by atoms with E-state index >= 15 is 0 Å². The highest BCUT2D eigenvalue weighted by Crippen LogP contribution is 2.26. The highest BCUT2D eigenvalue weighted by Gasteiger charge is 2.40. The molecule has 30 heavy (non-hydrogen) atoms. The van der Waals surface area contributed by atoms with Gasteiger partial charge in [-0.15, -0.1) is 0 Å². The lowest BCUT2D eigenvalue weighted by molar-refractivity contribution is 0.00608. The van der Waals surface area contributed by atoms with Crippen molar-refractivity contribution in [2.45, 2.75) is 19.6 Å². The van der Waals surface area contributed by atoms with Crippen LogP contribution in [0.1, 0.15) is 33.2 Å². The Morgan fingerprint density at radius 3 is 2.03 bits per heavy atom. The molecule has 0 fully saturated rings. The minimum Gasteiger partial charge on any atom is -0.394 e. The molecule has 1 aliphatic heterocycles. The van der Waals surface area contributed by atoms with Crippen LogP contribution in [0, 0.1) is 0 Å². The number of amides is 2. The molecule has 0 saturated carbocycles. The number of nitrogens with zero attached hydrogens (tertiary/aromatic N) is 2. The molecule has 0 bridgehead atoms. The zero-order valence-corrected chi connectivity index (χ0v) is 17.2. The first-order valence-corrected chi connectivity index (χ1v) is 10.1. The van der Waals surface area contributed by atoms with Gasteiger partial charge in [0.2, 0.25) is 0 Å². The van der Waals surface area contributed by atoms with Crippen LogP contribution in [0.2, 0.25) is 0 Å². The molecule has 1 aliphatic rings. The lowest BCUT2D eigenvalue weighted by Gasteiger charge is -2.34. The second-order valence-electron chi connectivity index (χ2n) is 7.06. The molecule has 1 atom stereocenters. The summed E-state index contributed by atoms with van der Waals surface area (Å²) in [6.07, 6.45) is -0.424. The number of aliphatic hydroxyl groups excluding tert-OH is 1. The summed E-state index contributed by atoms with van der Waals surface area (Å²) in [6, 6.07) is 16.9. The summed E-state index contributed by atoms with van der Waals surface area (Å²) >= 11 is 0. The van der Waals surface area contributed by atoms with Gasteiger partial charge in [0.05, 0.1) is 50.3 Å². The van der Waals surface area contributed by atoms with Crippen molar-refractivity contribution in [3.05, 3.63) is 71.3 Å². The van der Waals surface area contributed by atoms with Crippen molar-refractivity contribution >= 4 is 11.8 Å². The number of rotatable bonds is 12. The Hall–Kier alpha value is -2.58. The lowest BCUT2D eigenvalue weighted by Crippen LogP contribution is -2.49. The average molecular weight is 412 g/mol. The Bertz CT molecular complexity index is 807. The molecule has 0 radical (unpaired) electrons. The van der Waals surface area contributed by atoms with Crippen molar-refractivity contribution in [3.63, 3.8) is 0 Å². The summed E-state index contributed by atoms with van der Waals surface area (Å²) in [5, 5.41) is 8.72. The number of ether oxygens (including phenoxy) is 2. The van der Waals surface area contributed by atoms with Gasteiger partial charge in [-0.3, -0.25) is 19.4 Å². The van der Waals surface area contributed by atoms with Crippen molar-refractivity contribution in [2.75, 3.05) is 39.6 Å². The van der Waals surface area contributed by atoms with Gasteiger partial charge in [0.25, 0.3) is 11.8 Å². The molecule has 2 aromatic rings. The molecule has 1 heterocycles. The fourth-order valence-electron chi connectivity index (χ4n) is 3.49. The first kappa shape index (κ1) is 22.1. The number of carbonyl (C=O) groups is 2. The normalized spacial score (nSPS) is 14.4. The third-order valence-electron chi connectivity index (χ3n) is 5.09. The maximum atomic E-state index is 12.9. The first-order chi connectivity index (χ1) is 14.6. The van der Waals surface area contributed by atoms with Crippen LogP contribution < -0.4 is 0 Å². The van der Waals surface area contributed by atoms with Gasteiger partial charge in [-0.2, -0.15) is 0 Å². The average Bonchev–Trinajstić information content (AvgIpc) is 3.03. The predicted molar refractivity (Wildman–Crippen MR) is 112 cm³/mol. The van der Waals surface area contributed by atoms with Crippen LogP contribution in [0.3, 0.4) is 0 Å². The fourth-order valence-corrected chi connectivity index (χ4v) is 3.49. The summed E-state index contributed by atoms with van der Waals surface area (Å²) in [5.74, 6) is -0.529. The molecule has 7 heteroatoms. The van der Waals surface area contributed by atoms with Crippen LogP contribution >= 0.6 is 0 Å². The third-order valence-corrected chi connectivity index (χ3v) is 5.09. The van der Waals surface area contributed by atoms with Gasteiger partial charge >= 0.3 is 0 Å². The Labute approximate surface area is 176 Å². The Kier molecular flexibility index (Phi) is 8.10. The second-order valence-corrected chi connectivity index (χ2v) is 7.06. The number of benzene rings is 2. The van der Waals surface area contributed by atoms with E-state index in [1.54, 1.807) is 24.3 Å². The van der Waals surface area contributed by atoms with Crippen LogP contribution in [-0.4, -0.2) is 72.5 Å².